The summed E-state index contributed by atoms with van der Waals surface area (Å²) in [5, 5.41) is 8.32. The van der Waals surface area contributed by atoms with Crippen molar-refractivity contribution in [3.63, 3.8) is 0 Å². The monoisotopic (exact) mass is 558 g/mol. The lowest BCUT2D eigenvalue weighted by Crippen LogP contribution is -2.55. The van der Waals surface area contributed by atoms with E-state index in [2.05, 4.69) is 25.3 Å². The summed E-state index contributed by atoms with van der Waals surface area (Å²) >= 11 is 0. The van der Waals surface area contributed by atoms with E-state index < -0.39 is 31.7 Å². The Morgan fingerprint density at radius 3 is 2.03 bits per heavy atom. The SMILES string of the molecule is [C-]#[N+]c1ccc(C(=O)NC(Cc2ccc(OP(=O)(O)O)cc2)C(=O)NC(CC(C)C)C(=O)NCC(C)C)cc1. The van der Waals surface area contributed by atoms with Gasteiger partial charge in [-0.2, -0.15) is 0 Å². The molecule has 3 amide bonds. The average Bonchev–Trinajstić information content (AvgIpc) is 2.86. The van der Waals surface area contributed by atoms with Crippen LogP contribution in [0.2, 0.25) is 0 Å². The summed E-state index contributed by atoms with van der Waals surface area (Å²) in [7, 11) is -4.73. The van der Waals surface area contributed by atoms with E-state index >= 15 is 0 Å². The molecular weight excluding hydrogens is 523 g/mol. The molecule has 0 aliphatic rings. The largest absolute Gasteiger partial charge is 0.524 e. The minimum atomic E-state index is -4.73. The summed E-state index contributed by atoms with van der Waals surface area (Å²) < 4.78 is 15.6. The molecule has 2 unspecified atom stereocenters. The van der Waals surface area contributed by atoms with Crippen LogP contribution in [-0.2, 0) is 20.6 Å². The fourth-order valence-corrected chi connectivity index (χ4v) is 4.00. The molecule has 0 bridgehead atoms. The van der Waals surface area contributed by atoms with Gasteiger partial charge in [-0.05, 0) is 36.0 Å². The lowest BCUT2D eigenvalue weighted by molar-refractivity contribution is -0.130. The van der Waals surface area contributed by atoms with Crippen LogP contribution in [0.4, 0.5) is 5.69 Å². The molecular formula is C27H35N4O7P. The normalized spacial score (nSPS) is 12.8. The van der Waals surface area contributed by atoms with Crippen LogP contribution in [0.3, 0.4) is 0 Å². The lowest BCUT2D eigenvalue weighted by Gasteiger charge is -2.25. The number of rotatable bonds is 13. The van der Waals surface area contributed by atoms with Crippen molar-refractivity contribution in [2.45, 2.75) is 52.6 Å². The van der Waals surface area contributed by atoms with E-state index in [4.69, 9.17) is 16.4 Å². The molecule has 5 N–H and O–H groups in total. The van der Waals surface area contributed by atoms with Gasteiger partial charge in [0.25, 0.3) is 5.91 Å². The van der Waals surface area contributed by atoms with Crippen molar-refractivity contribution in [2.75, 3.05) is 6.54 Å². The van der Waals surface area contributed by atoms with Crippen LogP contribution < -0.4 is 20.5 Å². The van der Waals surface area contributed by atoms with E-state index in [0.29, 0.717) is 24.2 Å². The molecule has 0 fully saturated rings. The molecule has 0 aliphatic heterocycles. The van der Waals surface area contributed by atoms with E-state index in [0.717, 1.165) is 0 Å². The summed E-state index contributed by atoms with van der Waals surface area (Å²) in [6.07, 6.45) is 0.415. The van der Waals surface area contributed by atoms with Gasteiger partial charge >= 0.3 is 7.82 Å². The van der Waals surface area contributed by atoms with E-state index in [1.165, 1.54) is 48.5 Å². The van der Waals surface area contributed by atoms with Crippen molar-refractivity contribution < 1.29 is 33.3 Å². The van der Waals surface area contributed by atoms with Crippen molar-refractivity contribution in [1.29, 1.82) is 0 Å². The molecule has 39 heavy (non-hydrogen) atoms. The third-order valence-corrected chi connectivity index (χ3v) is 5.94. The zero-order valence-electron chi connectivity index (χ0n) is 22.4. The van der Waals surface area contributed by atoms with Crippen LogP contribution in [0.25, 0.3) is 4.85 Å². The van der Waals surface area contributed by atoms with Crippen LogP contribution in [0, 0.1) is 18.4 Å². The highest BCUT2D eigenvalue weighted by Gasteiger charge is 2.28. The molecule has 0 saturated carbocycles. The molecule has 2 aromatic carbocycles. The predicted octanol–water partition coefficient (Wildman–Crippen LogP) is 3.35. The first-order chi connectivity index (χ1) is 18.3. The molecule has 2 aromatic rings. The zero-order valence-corrected chi connectivity index (χ0v) is 23.3. The van der Waals surface area contributed by atoms with Crippen molar-refractivity contribution in [1.82, 2.24) is 16.0 Å². The Balaban J connectivity index is 2.28. The summed E-state index contributed by atoms with van der Waals surface area (Å²) in [6, 6.07) is 9.77. The van der Waals surface area contributed by atoms with E-state index in [-0.39, 0.29) is 35.5 Å². The van der Waals surface area contributed by atoms with Crippen LogP contribution in [-0.4, -0.2) is 46.1 Å². The molecule has 210 valence electrons. The van der Waals surface area contributed by atoms with Gasteiger partial charge in [-0.1, -0.05) is 64.1 Å². The fraction of sp³-hybridized carbons (Fsp3) is 0.407. The Bertz CT molecular complexity index is 1220. The molecule has 0 aromatic heterocycles. The molecule has 0 radical (unpaired) electrons. The first kappa shape index (κ1) is 31.5. The van der Waals surface area contributed by atoms with Crippen molar-refractivity contribution in [2.24, 2.45) is 11.8 Å². The molecule has 0 heterocycles. The maximum absolute atomic E-state index is 13.4. The molecule has 12 heteroatoms. The van der Waals surface area contributed by atoms with Gasteiger partial charge < -0.3 is 20.5 Å². The van der Waals surface area contributed by atoms with Gasteiger partial charge in [-0.3, -0.25) is 24.2 Å². The lowest BCUT2D eigenvalue weighted by atomic mass is 10.0. The Morgan fingerprint density at radius 2 is 1.51 bits per heavy atom. The van der Waals surface area contributed by atoms with E-state index in [1.807, 2.05) is 27.7 Å². The van der Waals surface area contributed by atoms with Crippen molar-refractivity contribution in [3.8, 4) is 5.75 Å². The van der Waals surface area contributed by atoms with Gasteiger partial charge in [0.15, 0.2) is 5.69 Å². The quantitative estimate of drug-likeness (QED) is 0.186. The number of phosphoric acid groups is 1. The number of benzene rings is 2. The minimum Gasteiger partial charge on any atom is -0.404 e. The second kappa shape index (κ2) is 14.4. The molecule has 0 spiro atoms. The number of carbonyl (C=O) groups is 3. The highest BCUT2D eigenvalue weighted by molar-refractivity contribution is 7.46. The topological polar surface area (TPSA) is 158 Å². The van der Waals surface area contributed by atoms with Crippen molar-refractivity contribution in [3.05, 3.63) is 71.1 Å². The first-order valence-electron chi connectivity index (χ1n) is 12.5. The predicted molar refractivity (Wildman–Crippen MR) is 146 cm³/mol. The smallest absolute Gasteiger partial charge is 0.404 e. The van der Waals surface area contributed by atoms with Crippen LogP contribution >= 0.6 is 7.82 Å². The second-order valence-electron chi connectivity index (χ2n) is 9.94. The number of phosphoric ester groups is 1. The minimum absolute atomic E-state index is 0.0237. The number of nitrogens with zero attached hydrogens (tertiary/aromatic N) is 1. The molecule has 2 atom stereocenters. The van der Waals surface area contributed by atoms with Gasteiger partial charge in [0.2, 0.25) is 11.8 Å². The summed E-state index contributed by atoms with van der Waals surface area (Å²) in [5.74, 6) is -1.15. The number of hydrogen-bond acceptors (Lipinski definition) is 5. The molecule has 11 nitrogen and oxygen atoms in total. The number of hydrogen-bond donors (Lipinski definition) is 5. The van der Waals surface area contributed by atoms with Gasteiger partial charge in [0, 0.05) is 18.5 Å². The standard InChI is InChI=1S/C27H35N4O7P/c1-17(2)14-23(26(33)29-16-18(3)4)31-27(34)24(30-25(32)20-8-10-21(28-5)11-9-20)15-19-6-12-22(13-7-19)38-39(35,36)37/h6-13,17-18,23-24H,14-16H2,1-4H3,(H,29,33)(H,30,32)(H,31,34)(H2,35,36,37). The number of nitrogens with one attached hydrogen (secondary N) is 3. The summed E-state index contributed by atoms with van der Waals surface area (Å²) in [6.45, 7) is 15.3. The van der Waals surface area contributed by atoms with Crippen LogP contribution in [0.1, 0.15) is 50.0 Å². The molecule has 0 aliphatic carbocycles. The second-order valence-corrected chi connectivity index (χ2v) is 11.1. The zero-order chi connectivity index (χ0) is 29.2. The number of carbonyl (C=O) groups excluding carboxylic acids is 3. The number of amides is 3. The summed E-state index contributed by atoms with van der Waals surface area (Å²) in [4.78, 5) is 60.5. The summed E-state index contributed by atoms with van der Waals surface area (Å²) in [5.41, 5.74) is 1.18. The third kappa shape index (κ3) is 11.3. The van der Waals surface area contributed by atoms with E-state index in [1.54, 1.807) is 0 Å². The fourth-order valence-electron chi connectivity index (χ4n) is 3.60. The Morgan fingerprint density at radius 1 is 0.897 bits per heavy atom. The van der Waals surface area contributed by atoms with Crippen LogP contribution in [0.15, 0.2) is 48.5 Å². The van der Waals surface area contributed by atoms with Gasteiger partial charge in [-0.15, -0.1) is 0 Å². The Kier molecular flexibility index (Phi) is 11.7. The van der Waals surface area contributed by atoms with Gasteiger partial charge in [0.1, 0.15) is 17.8 Å². The maximum Gasteiger partial charge on any atom is 0.524 e. The highest BCUT2D eigenvalue weighted by atomic mass is 31.2. The highest BCUT2D eigenvalue weighted by Crippen LogP contribution is 2.37. The third-order valence-electron chi connectivity index (χ3n) is 5.49. The van der Waals surface area contributed by atoms with E-state index in [9.17, 15) is 18.9 Å². The maximum atomic E-state index is 13.4. The van der Waals surface area contributed by atoms with Crippen LogP contribution in [0.5, 0.6) is 5.75 Å². The molecule has 0 saturated heterocycles. The Labute approximate surface area is 228 Å². The Hall–Kier alpha value is -3.71. The average molecular weight is 559 g/mol. The van der Waals surface area contributed by atoms with Crippen molar-refractivity contribution >= 4 is 31.2 Å². The van der Waals surface area contributed by atoms with Gasteiger partial charge in [0.05, 0.1) is 6.57 Å². The molecule has 2 rings (SSSR count). The van der Waals surface area contributed by atoms with Gasteiger partial charge in [-0.25, -0.2) is 9.41 Å². The first-order valence-corrected chi connectivity index (χ1v) is 14.0.